The molecule has 0 bridgehead atoms. The normalized spacial score (nSPS) is 15.9. The van der Waals surface area contributed by atoms with Gasteiger partial charge in [0.1, 0.15) is 0 Å². The summed E-state index contributed by atoms with van der Waals surface area (Å²) < 4.78 is 52.5. The molecule has 0 aromatic carbocycles. The van der Waals surface area contributed by atoms with Crippen molar-refractivity contribution in [1.82, 2.24) is 0 Å². The fourth-order valence-corrected chi connectivity index (χ4v) is 1.25. The molecule has 0 saturated carbocycles. The molecule has 1 N–H and O–H groups in total. The van der Waals surface area contributed by atoms with Crippen molar-refractivity contribution in [2.75, 3.05) is 13.7 Å². The minimum Gasteiger partial charge on any atom is -0.412 e. The van der Waals surface area contributed by atoms with E-state index in [0.717, 1.165) is 0 Å². The van der Waals surface area contributed by atoms with Crippen LogP contribution in [0.1, 0.15) is 20.3 Å². The number of halogens is 1. The topological polar surface area (TPSA) is 89.9 Å². The Balaban J connectivity index is 4.89. The Kier molecular flexibility index (Phi) is 5.30. The lowest BCUT2D eigenvalue weighted by Crippen LogP contribution is -2.40. The third kappa shape index (κ3) is 4.03. The zero-order valence-electron chi connectivity index (χ0n) is 9.27. The highest BCUT2D eigenvalue weighted by molar-refractivity contribution is 7.86. The van der Waals surface area contributed by atoms with E-state index >= 15 is 0 Å². The fraction of sp³-hybridized carbons (Fsp3) is 0.875. The molecule has 0 radical (unpaired) electrons. The van der Waals surface area contributed by atoms with Crippen molar-refractivity contribution < 1.29 is 31.6 Å². The van der Waals surface area contributed by atoms with Gasteiger partial charge in [0.25, 0.3) is 0 Å². The van der Waals surface area contributed by atoms with Crippen LogP contribution < -0.4 is 0 Å². The highest BCUT2D eigenvalue weighted by Crippen LogP contribution is 2.26. The molecular formula is C8H15FO6S. The first-order chi connectivity index (χ1) is 7.14. The van der Waals surface area contributed by atoms with Gasteiger partial charge in [-0.15, -0.1) is 0 Å². The Bertz CT molecular complexity index is 338. The highest BCUT2D eigenvalue weighted by atomic mass is 32.2. The molecule has 6 nitrogen and oxygen atoms in total. The number of methoxy groups -OCH3 is 1. The first-order valence-electron chi connectivity index (χ1n) is 4.52. The Morgan fingerprint density at radius 3 is 2.31 bits per heavy atom. The number of hydrogen-bond acceptors (Lipinski definition) is 5. The van der Waals surface area contributed by atoms with Gasteiger partial charge in [-0.1, -0.05) is 13.8 Å². The molecule has 0 rings (SSSR count). The van der Waals surface area contributed by atoms with E-state index in [1.807, 2.05) is 0 Å². The third-order valence-electron chi connectivity index (χ3n) is 1.71. The monoisotopic (exact) mass is 258 g/mol. The predicted octanol–water partition coefficient (Wildman–Crippen LogP) is 0.733. The van der Waals surface area contributed by atoms with Crippen LogP contribution >= 0.6 is 0 Å². The average Bonchev–Trinajstić information content (AvgIpc) is 2.12. The van der Waals surface area contributed by atoms with Crippen LogP contribution in [0.3, 0.4) is 0 Å². The van der Waals surface area contributed by atoms with Crippen molar-refractivity contribution in [3.05, 3.63) is 0 Å². The van der Waals surface area contributed by atoms with Gasteiger partial charge in [-0.2, -0.15) is 12.8 Å². The standard InChI is InChI=1S/C8H15FO6S/c1-6(2)7(10)15-8(9,4-5-14-3)16(11,12)13/h6H,4-5H2,1-3H3,(H,11,12,13). The van der Waals surface area contributed by atoms with Crippen molar-refractivity contribution in [2.45, 2.75) is 25.5 Å². The van der Waals surface area contributed by atoms with Crippen LogP contribution in [-0.4, -0.2) is 37.8 Å². The summed E-state index contributed by atoms with van der Waals surface area (Å²) in [5, 5.41) is -3.45. The van der Waals surface area contributed by atoms with Crippen LogP contribution in [0.4, 0.5) is 4.39 Å². The zero-order valence-corrected chi connectivity index (χ0v) is 10.1. The molecule has 96 valence electrons. The molecule has 0 spiro atoms. The Morgan fingerprint density at radius 2 is 2.00 bits per heavy atom. The van der Waals surface area contributed by atoms with E-state index in [-0.39, 0.29) is 6.61 Å². The van der Waals surface area contributed by atoms with Crippen LogP contribution in [-0.2, 0) is 24.4 Å². The maximum Gasteiger partial charge on any atom is 0.379 e. The summed E-state index contributed by atoms with van der Waals surface area (Å²) in [7, 11) is -3.94. The minimum absolute atomic E-state index is 0.318. The van der Waals surface area contributed by atoms with E-state index in [1.54, 1.807) is 0 Å². The Morgan fingerprint density at radius 1 is 1.50 bits per heavy atom. The number of alkyl halides is 1. The number of carbonyl (C=O) groups excluding carboxylic acids is 1. The molecule has 16 heavy (non-hydrogen) atoms. The summed E-state index contributed by atoms with van der Waals surface area (Å²) in [5.41, 5.74) is 0. The molecule has 0 amide bonds. The van der Waals surface area contributed by atoms with Crippen molar-refractivity contribution in [2.24, 2.45) is 5.92 Å². The van der Waals surface area contributed by atoms with Gasteiger partial charge in [0.2, 0.25) is 0 Å². The molecule has 0 saturated heterocycles. The summed E-state index contributed by atoms with van der Waals surface area (Å²) in [6.45, 7) is 2.49. The number of rotatable bonds is 6. The van der Waals surface area contributed by atoms with Crippen LogP contribution in [0, 0.1) is 5.92 Å². The van der Waals surface area contributed by atoms with Crippen molar-refractivity contribution in [3.8, 4) is 0 Å². The lowest BCUT2D eigenvalue weighted by Gasteiger charge is -2.22. The van der Waals surface area contributed by atoms with Crippen LogP contribution in [0.15, 0.2) is 0 Å². The molecule has 0 fully saturated rings. The first kappa shape index (κ1) is 15.3. The van der Waals surface area contributed by atoms with Gasteiger partial charge in [-0.3, -0.25) is 9.35 Å². The van der Waals surface area contributed by atoms with Gasteiger partial charge in [-0.05, 0) is 0 Å². The first-order valence-corrected chi connectivity index (χ1v) is 5.96. The van der Waals surface area contributed by atoms with Gasteiger partial charge in [0, 0.05) is 7.11 Å². The lowest BCUT2D eigenvalue weighted by atomic mass is 10.2. The second-order valence-corrected chi connectivity index (χ2v) is 5.01. The summed E-state index contributed by atoms with van der Waals surface area (Å²) in [6, 6.07) is 0. The van der Waals surface area contributed by atoms with Gasteiger partial charge in [0.05, 0.1) is 18.9 Å². The van der Waals surface area contributed by atoms with Gasteiger partial charge < -0.3 is 9.47 Å². The van der Waals surface area contributed by atoms with Crippen molar-refractivity contribution >= 4 is 16.1 Å². The molecule has 8 heteroatoms. The Labute approximate surface area is 93.5 Å². The second-order valence-electron chi connectivity index (χ2n) is 3.45. The predicted molar refractivity (Wildman–Crippen MR) is 52.8 cm³/mol. The molecule has 1 atom stereocenters. The third-order valence-corrected chi connectivity index (χ3v) is 2.77. The van der Waals surface area contributed by atoms with Crippen LogP contribution in [0.25, 0.3) is 0 Å². The lowest BCUT2D eigenvalue weighted by molar-refractivity contribution is -0.171. The molecule has 0 aromatic rings. The maximum atomic E-state index is 13.7. The largest absolute Gasteiger partial charge is 0.412 e. The van der Waals surface area contributed by atoms with Crippen LogP contribution in [0.2, 0.25) is 0 Å². The highest BCUT2D eigenvalue weighted by Gasteiger charge is 2.47. The van der Waals surface area contributed by atoms with Crippen molar-refractivity contribution in [3.63, 3.8) is 0 Å². The smallest absolute Gasteiger partial charge is 0.379 e. The van der Waals surface area contributed by atoms with E-state index in [2.05, 4.69) is 9.47 Å². The molecular weight excluding hydrogens is 243 g/mol. The maximum absolute atomic E-state index is 13.7. The average molecular weight is 258 g/mol. The van der Waals surface area contributed by atoms with Crippen molar-refractivity contribution in [1.29, 1.82) is 0 Å². The van der Waals surface area contributed by atoms with E-state index in [0.29, 0.717) is 0 Å². The van der Waals surface area contributed by atoms with E-state index in [9.17, 15) is 17.6 Å². The molecule has 0 aliphatic heterocycles. The van der Waals surface area contributed by atoms with E-state index < -0.39 is 33.6 Å². The van der Waals surface area contributed by atoms with E-state index in [4.69, 9.17) is 4.55 Å². The van der Waals surface area contributed by atoms with E-state index in [1.165, 1.54) is 21.0 Å². The number of hydrogen-bond donors (Lipinski definition) is 1. The SMILES string of the molecule is COCCC(F)(OC(=O)C(C)C)S(=O)(=O)O. The Hall–Kier alpha value is -0.730. The quantitative estimate of drug-likeness (QED) is 0.558. The van der Waals surface area contributed by atoms with Gasteiger partial charge >= 0.3 is 21.3 Å². The van der Waals surface area contributed by atoms with Gasteiger partial charge in [-0.25, -0.2) is 0 Å². The molecule has 0 aliphatic rings. The molecule has 0 aromatic heterocycles. The minimum atomic E-state index is -5.15. The summed E-state index contributed by atoms with van der Waals surface area (Å²) >= 11 is 0. The molecule has 1 unspecified atom stereocenters. The summed E-state index contributed by atoms with van der Waals surface area (Å²) in [4.78, 5) is 11.1. The fourth-order valence-electron chi connectivity index (χ4n) is 0.725. The summed E-state index contributed by atoms with van der Waals surface area (Å²) in [5.74, 6) is -1.77. The number of carbonyl (C=O) groups is 1. The summed E-state index contributed by atoms with van der Waals surface area (Å²) in [6.07, 6.45) is -0.791. The molecule has 0 aliphatic carbocycles. The number of ether oxygens (including phenoxy) is 2. The van der Waals surface area contributed by atoms with Crippen LogP contribution in [0.5, 0.6) is 0 Å². The number of esters is 1. The zero-order chi connectivity index (χ0) is 13.0. The molecule has 0 heterocycles. The second kappa shape index (κ2) is 5.55. The van der Waals surface area contributed by atoms with Gasteiger partial charge in [0.15, 0.2) is 0 Å².